The van der Waals surface area contributed by atoms with Crippen molar-refractivity contribution in [2.45, 2.75) is 13.8 Å². The fourth-order valence-electron chi connectivity index (χ4n) is 1.78. The number of aromatic nitrogens is 3. The first-order chi connectivity index (χ1) is 10.1. The Hall–Kier alpha value is -2.63. The van der Waals surface area contributed by atoms with Gasteiger partial charge in [-0.1, -0.05) is 37.8 Å². The van der Waals surface area contributed by atoms with Crippen LogP contribution in [0.15, 0.2) is 53.9 Å². The molecule has 2 rings (SSSR count). The van der Waals surface area contributed by atoms with Gasteiger partial charge in [-0.2, -0.15) is 4.68 Å². The molecule has 0 saturated heterocycles. The monoisotopic (exact) mass is 284 g/mol. The van der Waals surface area contributed by atoms with Crippen molar-refractivity contribution < 1.29 is 0 Å². The van der Waals surface area contributed by atoms with Gasteiger partial charge in [0.25, 0.3) is 0 Å². The third-order valence-electron chi connectivity index (χ3n) is 2.78. The topological polar surface area (TPSA) is 81.1 Å². The predicted molar refractivity (Wildman–Crippen MR) is 85.7 cm³/mol. The molecule has 0 atom stereocenters. The summed E-state index contributed by atoms with van der Waals surface area (Å²) in [5, 5.41) is 11.4. The molecule has 0 radical (unpaired) electrons. The average Bonchev–Trinajstić information content (AvgIpc) is 2.88. The van der Waals surface area contributed by atoms with E-state index < -0.39 is 0 Å². The smallest absolute Gasteiger partial charge is 0.159 e. The molecule has 1 heterocycles. The Balaban J connectivity index is 2.32. The van der Waals surface area contributed by atoms with Gasteiger partial charge in [0.05, 0.1) is 5.52 Å². The zero-order valence-corrected chi connectivity index (χ0v) is 12.3. The molecule has 1 aromatic carbocycles. The van der Waals surface area contributed by atoms with Crippen molar-refractivity contribution in [1.29, 1.82) is 0 Å². The molecular weight excluding hydrogens is 264 g/mol. The number of rotatable bonds is 5. The van der Waals surface area contributed by atoms with Gasteiger partial charge in [-0.05, 0) is 30.3 Å². The summed E-state index contributed by atoms with van der Waals surface area (Å²) in [6.45, 7) is 8.95. The van der Waals surface area contributed by atoms with Crippen LogP contribution < -0.4 is 11.1 Å². The van der Waals surface area contributed by atoms with E-state index in [1.807, 2.05) is 24.3 Å². The Morgan fingerprint density at radius 2 is 2.24 bits per heavy atom. The van der Waals surface area contributed by atoms with E-state index in [1.54, 1.807) is 10.8 Å². The minimum Gasteiger partial charge on any atom is -0.404 e. The lowest BCUT2D eigenvalue weighted by molar-refractivity contribution is 0.594. The maximum Gasteiger partial charge on any atom is 0.159 e. The van der Waals surface area contributed by atoms with Crippen LogP contribution in [0, 0.1) is 5.92 Å². The highest BCUT2D eigenvalue weighted by molar-refractivity contribution is 5.99. The fourth-order valence-corrected chi connectivity index (χ4v) is 1.78. The third-order valence-corrected chi connectivity index (χ3v) is 2.78. The van der Waals surface area contributed by atoms with Gasteiger partial charge in [-0.25, -0.2) is 4.99 Å². The van der Waals surface area contributed by atoms with Crippen molar-refractivity contribution in [2.24, 2.45) is 16.6 Å². The van der Waals surface area contributed by atoms with Crippen LogP contribution in [-0.4, -0.2) is 27.4 Å². The largest absolute Gasteiger partial charge is 0.404 e. The van der Waals surface area contributed by atoms with Gasteiger partial charge in [0.2, 0.25) is 0 Å². The summed E-state index contributed by atoms with van der Waals surface area (Å²) in [4.78, 5) is 4.44. The summed E-state index contributed by atoms with van der Waals surface area (Å²) in [5.74, 6) is 1.64. The maximum atomic E-state index is 5.50. The molecule has 3 N–H and O–H groups in total. The Morgan fingerprint density at radius 3 is 2.95 bits per heavy atom. The van der Waals surface area contributed by atoms with Crippen LogP contribution in [0.4, 0.5) is 0 Å². The second-order valence-electron chi connectivity index (χ2n) is 5.04. The van der Waals surface area contributed by atoms with E-state index in [9.17, 15) is 0 Å². The molecule has 2 aromatic rings. The van der Waals surface area contributed by atoms with Crippen LogP contribution in [0.5, 0.6) is 0 Å². The summed E-state index contributed by atoms with van der Waals surface area (Å²) in [5.41, 5.74) is 7.17. The second-order valence-corrected chi connectivity index (χ2v) is 5.04. The summed E-state index contributed by atoms with van der Waals surface area (Å²) in [6, 6.07) is 7.67. The molecule has 0 saturated carbocycles. The number of fused-ring (bicyclic) bond motifs is 1. The number of allylic oxidation sites excluding steroid dienone is 1. The number of nitrogens with two attached hydrogens (primary N) is 1. The summed E-state index contributed by atoms with van der Waals surface area (Å²) in [6.07, 6.45) is 3.09. The lowest BCUT2D eigenvalue weighted by Gasteiger charge is -2.09. The van der Waals surface area contributed by atoms with Gasteiger partial charge in [0, 0.05) is 6.54 Å². The SMILES string of the molecule is C=C(N=C(/C=C\N)n1nnc2ccccc21)NCC(C)C. The first-order valence-corrected chi connectivity index (χ1v) is 6.82. The van der Waals surface area contributed by atoms with Crippen LogP contribution in [0.2, 0.25) is 0 Å². The van der Waals surface area contributed by atoms with E-state index in [0.717, 1.165) is 17.6 Å². The Morgan fingerprint density at radius 1 is 1.48 bits per heavy atom. The molecule has 6 nitrogen and oxygen atoms in total. The van der Waals surface area contributed by atoms with Crippen molar-refractivity contribution in [3.8, 4) is 0 Å². The highest BCUT2D eigenvalue weighted by atomic mass is 15.4. The Labute approximate surface area is 124 Å². The molecule has 0 aliphatic heterocycles. The van der Waals surface area contributed by atoms with Crippen molar-refractivity contribution in [2.75, 3.05) is 6.54 Å². The number of hydrogen-bond acceptors (Lipinski definition) is 5. The molecule has 21 heavy (non-hydrogen) atoms. The Bertz CT molecular complexity index is 680. The summed E-state index contributed by atoms with van der Waals surface area (Å²) in [7, 11) is 0. The molecule has 110 valence electrons. The van der Waals surface area contributed by atoms with E-state index in [1.165, 1.54) is 6.20 Å². The minimum atomic E-state index is 0.512. The van der Waals surface area contributed by atoms with Gasteiger partial charge in [-0.3, -0.25) is 0 Å². The third kappa shape index (κ3) is 3.68. The van der Waals surface area contributed by atoms with Crippen LogP contribution in [0.3, 0.4) is 0 Å². The van der Waals surface area contributed by atoms with E-state index in [4.69, 9.17) is 5.73 Å². The quantitative estimate of drug-likeness (QED) is 0.648. The van der Waals surface area contributed by atoms with E-state index in [2.05, 4.69) is 41.0 Å². The summed E-state index contributed by atoms with van der Waals surface area (Å²) < 4.78 is 1.64. The molecule has 0 fully saturated rings. The molecular formula is C15H20N6. The van der Waals surface area contributed by atoms with E-state index in [-0.39, 0.29) is 0 Å². The average molecular weight is 284 g/mol. The number of aliphatic imine (C=N–C) groups is 1. The zero-order valence-electron chi connectivity index (χ0n) is 12.3. The van der Waals surface area contributed by atoms with Gasteiger partial charge in [0.1, 0.15) is 11.3 Å². The number of para-hydroxylation sites is 1. The molecule has 0 bridgehead atoms. The fraction of sp³-hybridized carbons (Fsp3) is 0.267. The highest BCUT2D eigenvalue weighted by Gasteiger charge is 2.08. The molecule has 6 heteroatoms. The van der Waals surface area contributed by atoms with Gasteiger partial charge in [-0.15, -0.1) is 5.10 Å². The van der Waals surface area contributed by atoms with Crippen LogP contribution in [0.1, 0.15) is 13.8 Å². The number of hydrogen-bond donors (Lipinski definition) is 2. The minimum absolute atomic E-state index is 0.512. The van der Waals surface area contributed by atoms with Gasteiger partial charge in [0.15, 0.2) is 5.84 Å². The van der Waals surface area contributed by atoms with E-state index in [0.29, 0.717) is 17.6 Å². The van der Waals surface area contributed by atoms with Crippen LogP contribution >= 0.6 is 0 Å². The molecule has 0 unspecified atom stereocenters. The van der Waals surface area contributed by atoms with Crippen molar-refractivity contribution >= 4 is 16.9 Å². The number of benzene rings is 1. The molecule has 0 amide bonds. The first kappa shape index (κ1) is 14.8. The Kier molecular flexibility index (Phi) is 4.71. The normalized spacial score (nSPS) is 12.4. The lowest BCUT2D eigenvalue weighted by atomic mass is 10.2. The highest BCUT2D eigenvalue weighted by Crippen LogP contribution is 2.10. The van der Waals surface area contributed by atoms with Crippen LogP contribution in [0.25, 0.3) is 11.0 Å². The van der Waals surface area contributed by atoms with Crippen LogP contribution in [-0.2, 0) is 0 Å². The molecule has 1 aromatic heterocycles. The van der Waals surface area contributed by atoms with Gasteiger partial charge >= 0.3 is 0 Å². The second kappa shape index (κ2) is 6.69. The zero-order chi connectivity index (χ0) is 15.2. The van der Waals surface area contributed by atoms with E-state index >= 15 is 0 Å². The molecule has 0 spiro atoms. The predicted octanol–water partition coefficient (Wildman–Crippen LogP) is 1.87. The van der Waals surface area contributed by atoms with Crippen molar-refractivity contribution in [3.63, 3.8) is 0 Å². The number of nitrogens with zero attached hydrogens (tertiary/aromatic N) is 4. The lowest BCUT2D eigenvalue weighted by Crippen LogP contribution is -2.20. The van der Waals surface area contributed by atoms with Crippen molar-refractivity contribution in [3.05, 3.63) is 48.9 Å². The maximum absolute atomic E-state index is 5.50. The molecule has 0 aliphatic rings. The first-order valence-electron chi connectivity index (χ1n) is 6.82. The van der Waals surface area contributed by atoms with Crippen molar-refractivity contribution in [1.82, 2.24) is 20.3 Å². The molecule has 0 aliphatic carbocycles. The summed E-state index contributed by atoms with van der Waals surface area (Å²) >= 11 is 0. The van der Waals surface area contributed by atoms with Gasteiger partial charge < -0.3 is 11.1 Å². The standard InChI is InChI=1S/C15H20N6/c1-11(2)10-17-12(3)18-15(8-9-16)21-14-7-5-4-6-13(14)19-20-21/h4-9,11,17H,3,10,16H2,1-2H3/b9-8-,18-15?. The number of nitrogens with one attached hydrogen (secondary N) is 1.